The number of aryl methyl sites for hydroxylation is 1. The summed E-state index contributed by atoms with van der Waals surface area (Å²) in [6.07, 6.45) is 3.75. The zero-order chi connectivity index (χ0) is 18.3. The van der Waals surface area contributed by atoms with Crippen molar-refractivity contribution in [2.45, 2.75) is 26.4 Å². The van der Waals surface area contributed by atoms with Gasteiger partial charge in [0.1, 0.15) is 6.33 Å². The zero-order valence-electron chi connectivity index (χ0n) is 16.1. The van der Waals surface area contributed by atoms with Gasteiger partial charge in [0.2, 0.25) is 0 Å². The molecule has 7 heteroatoms. The number of halogens is 1. The van der Waals surface area contributed by atoms with Crippen LogP contribution in [0.1, 0.15) is 18.1 Å². The highest BCUT2D eigenvalue weighted by Gasteiger charge is 2.23. The Kier molecular flexibility index (Phi) is 5.69. The molecule has 3 heterocycles. The van der Waals surface area contributed by atoms with Gasteiger partial charge in [0.05, 0.1) is 23.1 Å². The molecule has 4 rings (SSSR count). The van der Waals surface area contributed by atoms with E-state index in [0.29, 0.717) is 12.6 Å². The maximum atomic E-state index is 5.80. The quantitative estimate of drug-likeness (QED) is 0.749. The first-order valence-electron chi connectivity index (χ1n) is 9.15. The topological polar surface area (TPSA) is 62.7 Å². The van der Waals surface area contributed by atoms with Gasteiger partial charge in [0.25, 0.3) is 0 Å². The van der Waals surface area contributed by atoms with Gasteiger partial charge in [0, 0.05) is 37.8 Å². The molecule has 0 bridgehead atoms. The monoisotopic (exact) mass is 386 g/mol. The first-order valence-corrected chi connectivity index (χ1v) is 9.15. The average molecular weight is 387 g/mol. The first-order chi connectivity index (χ1) is 12.6. The molecule has 3 aromatic rings. The molecule has 0 aliphatic carbocycles. The summed E-state index contributed by atoms with van der Waals surface area (Å²) < 4.78 is 1.94. The number of nitrogens with two attached hydrogens (primary N) is 1. The highest BCUT2D eigenvalue weighted by atomic mass is 35.5. The van der Waals surface area contributed by atoms with E-state index < -0.39 is 0 Å². The average Bonchev–Trinajstić information content (AvgIpc) is 3.05. The minimum absolute atomic E-state index is 0. The number of fused-ring (bicyclic) bond motifs is 1. The van der Waals surface area contributed by atoms with E-state index in [1.807, 2.05) is 4.52 Å². The second-order valence-corrected chi connectivity index (χ2v) is 7.29. The summed E-state index contributed by atoms with van der Waals surface area (Å²) in [5.74, 6) is 0. The fraction of sp³-hybridized carbons (Fsp3) is 0.400. The Bertz CT molecular complexity index is 937. The Morgan fingerprint density at radius 1 is 1.22 bits per heavy atom. The Morgan fingerprint density at radius 2 is 2.04 bits per heavy atom. The number of benzene rings is 1. The molecule has 1 fully saturated rings. The molecule has 1 unspecified atom stereocenters. The van der Waals surface area contributed by atoms with Crippen molar-refractivity contribution >= 4 is 23.6 Å². The molecule has 0 spiro atoms. The van der Waals surface area contributed by atoms with Gasteiger partial charge in [0.15, 0.2) is 0 Å². The Labute approximate surface area is 166 Å². The van der Waals surface area contributed by atoms with Crippen LogP contribution in [0.2, 0.25) is 0 Å². The molecule has 0 amide bonds. The molecular weight excluding hydrogens is 360 g/mol. The van der Waals surface area contributed by atoms with E-state index in [1.165, 1.54) is 16.8 Å². The summed E-state index contributed by atoms with van der Waals surface area (Å²) in [4.78, 5) is 9.41. The number of anilines is 1. The normalized spacial score (nSPS) is 17.9. The molecular formula is C20H27ClN6. The summed E-state index contributed by atoms with van der Waals surface area (Å²) in [5, 5.41) is 4.43. The third-order valence-corrected chi connectivity index (χ3v) is 5.39. The zero-order valence-corrected chi connectivity index (χ0v) is 16.9. The molecule has 1 atom stereocenters. The van der Waals surface area contributed by atoms with E-state index in [2.05, 4.69) is 71.2 Å². The molecule has 1 aliphatic rings. The fourth-order valence-corrected chi connectivity index (χ4v) is 3.89. The molecule has 6 nitrogen and oxygen atoms in total. The maximum Gasteiger partial charge on any atom is 0.137 e. The molecule has 1 saturated heterocycles. The van der Waals surface area contributed by atoms with Crippen molar-refractivity contribution in [3.05, 3.63) is 47.9 Å². The third-order valence-electron chi connectivity index (χ3n) is 5.39. The van der Waals surface area contributed by atoms with Crippen LogP contribution in [0.25, 0.3) is 16.8 Å². The van der Waals surface area contributed by atoms with Crippen LogP contribution >= 0.6 is 12.4 Å². The number of likely N-dealkylation sites (N-methyl/N-ethyl adjacent to an activating group) is 1. The van der Waals surface area contributed by atoms with Crippen molar-refractivity contribution in [2.24, 2.45) is 5.73 Å². The first kappa shape index (κ1) is 19.6. The predicted molar refractivity (Wildman–Crippen MR) is 113 cm³/mol. The summed E-state index contributed by atoms with van der Waals surface area (Å²) in [6, 6.07) is 9.05. The number of hydrogen-bond donors (Lipinski definition) is 1. The van der Waals surface area contributed by atoms with Crippen LogP contribution in [-0.2, 0) is 6.54 Å². The van der Waals surface area contributed by atoms with E-state index in [9.17, 15) is 0 Å². The smallest absolute Gasteiger partial charge is 0.137 e. The van der Waals surface area contributed by atoms with Crippen molar-refractivity contribution in [3.63, 3.8) is 0 Å². The van der Waals surface area contributed by atoms with E-state index in [4.69, 9.17) is 5.73 Å². The van der Waals surface area contributed by atoms with Crippen molar-refractivity contribution in [3.8, 4) is 11.3 Å². The summed E-state index contributed by atoms with van der Waals surface area (Å²) in [5.41, 5.74) is 12.5. The van der Waals surface area contributed by atoms with E-state index in [0.717, 1.165) is 36.4 Å². The minimum Gasteiger partial charge on any atom is -0.365 e. The maximum absolute atomic E-state index is 5.80. The van der Waals surface area contributed by atoms with Gasteiger partial charge >= 0.3 is 0 Å². The largest absolute Gasteiger partial charge is 0.365 e. The molecule has 27 heavy (non-hydrogen) atoms. The van der Waals surface area contributed by atoms with Crippen molar-refractivity contribution in [1.29, 1.82) is 0 Å². The second-order valence-electron chi connectivity index (χ2n) is 7.29. The van der Waals surface area contributed by atoms with Crippen molar-refractivity contribution in [2.75, 3.05) is 31.6 Å². The molecule has 144 valence electrons. The standard InChI is InChI=1S/C20H26N6.ClH/c1-14-8-16(4-5-17(14)10-21)20-19-9-18(12-26(19)23-13-22-20)25-7-6-24(3)11-15(25)2;/h4-5,8-9,12-13,15H,6-7,10-11,21H2,1-3H3;1H. The highest BCUT2D eigenvalue weighted by molar-refractivity contribution is 5.85. The Morgan fingerprint density at radius 3 is 2.74 bits per heavy atom. The van der Waals surface area contributed by atoms with Gasteiger partial charge in [-0.1, -0.05) is 12.1 Å². The molecule has 2 aromatic heterocycles. The van der Waals surface area contributed by atoms with Gasteiger partial charge in [-0.25, -0.2) is 9.50 Å². The van der Waals surface area contributed by atoms with Crippen LogP contribution in [0.4, 0.5) is 5.69 Å². The molecule has 2 N–H and O–H groups in total. The SMILES string of the molecule is Cc1cc(-c2ncnn3cc(N4CCN(C)CC4C)cc23)ccc1CN.Cl. The lowest BCUT2D eigenvalue weighted by atomic mass is 10.0. The lowest BCUT2D eigenvalue weighted by Crippen LogP contribution is -2.50. The van der Waals surface area contributed by atoms with E-state index in [-0.39, 0.29) is 12.4 Å². The molecule has 1 aromatic carbocycles. The number of rotatable bonds is 3. The summed E-state index contributed by atoms with van der Waals surface area (Å²) in [6.45, 7) is 8.11. The number of nitrogens with zero attached hydrogens (tertiary/aromatic N) is 5. The van der Waals surface area contributed by atoms with Gasteiger partial charge in [-0.2, -0.15) is 5.10 Å². The van der Waals surface area contributed by atoms with Crippen molar-refractivity contribution in [1.82, 2.24) is 19.5 Å². The van der Waals surface area contributed by atoms with E-state index >= 15 is 0 Å². The number of hydrogen-bond acceptors (Lipinski definition) is 5. The van der Waals surface area contributed by atoms with Gasteiger partial charge < -0.3 is 15.5 Å². The van der Waals surface area contributed by atoms with Crippen molar-refractivity contribution < 1.29 is 0 Å². The van der Waals surface area contributed by atoms with E-state index in [1.54, 1.807) is 6.33 Å². The van der Waals surface area contributed by atoms with Crippen LogP contribution in [0, 0.1) is 6.92 Å². The highest BCUT2D eigenvalue weighted by Crippen LogP contribution is 2.29. The van der Waals surface area contributed by atoms with Crippen LogP contribution in [-0.4, -0.2) is 52.2 Å². The van der Waals surface area contributed by atoms with Crippen LogP contribution in [0.3, 0.4) is 0 Å². The molecule has 0 radical (unpaired) electrons. The number of aromatic nitrogens is 3. The number of piperazine rings is 1. The predicted octanol–water partition coefficient (Wildman–Crippen LogP) is 2.73. The molecule has 1 aliphatic heterocycles. The lowest BCUT2D eigenvalue weighted by Gasteiger charge is -2.39. The lowest BCUT2D eigenvalue weighted by molar-refractivity contribution is 0.275. The Hall–Kier alpha value is -2.15. The van der Waals surface area contributed by atoms with Gasteiger partial charge in [-0.3, -0.25) is 0 Å². The van der Waals surface area contributed by atoms with Crippen LogP contribution in [0.15, 0.2) is 36.8 Å². The minimum atomic E-state index is 0. The third kappa shape index (κ3) is 3.65. The Balaban J connectivity index is 0.00000210. The fourth-order valence-electron chi connectivity index (χ4n) is 3.89. The van der Waals surface area contributed by atoms with Crippen LogP contribution < -0.4 is 10.6 Å². The molecule has 0 saturated carbocycles. The van der Waals surface area contributed by atoms with Crippen LogP contribution in [0.5, 0.6) is 0 Å². The second kappa shape index (κ2) is 7.84. The summed E-state index contributed by atoms with van der Waals surface area (Å²) >= 11 is 0. The van der Waals surface area contributed by atoms with Gasteiger partial charge in [-0.05, 0) is 44.2 Å². The van der Waals surface area contributed by atoms with Gasteiger partial charge in [-0.15, -0.1) is 12.4 Å². The summed E-state index contributed by atoms with van der Waals surface area (Å²) in [7, 11) is 2.18.